The Bertz CT molecular complexity index is 1010. The number of aromatic nitrogens is 2. The number of urea groups is 1. The first kappa shape index (κ1) is 21.9. The lowest BCUT2D eigenvalue weighted by Gasteiger charge is -2.33. The normalized spacial score (nSPS) is 18.9. The molecule has 8 nitrogen and oxygen atoms in total. The second-order valence-electron chi connectivity index (χ2n) is 8.11. The van der Waals surface area contributed by atoms with Crippen molar-refractivity contribution < 1.29 is 23.1 Å². The fourth-order valence-electron chi connectivity index (χ4n) is 4.04. The first-order valence-electron chi connectivity index (χ1n) is 10.6. The van der Waals surface area contributed by atoms with E-state index in [-0.39, 0.29) is 24.2 Å². The Labute approximate surface area is 184 Å². The highest BCUT2D eigenvalue weighted by molar-refractivity contribution is 5.96. The molecule has 1 aromatic heterocycles. The third-order valence-corrected chi connectivity index (χ3v) is 5.60. The summed E-state index contributed by atoms with van der Waals surface area (Å²) in [7, 11) is 0. The smallest absolute Gasteiger partial charge is 0.325 e. The zero-order valence-corrected chi connectivity index (χ0v) is 18.1. The molecule has 2 aliphatic rings. The maximum absolute atomic E-state index is 13.5. The van der Waals surface area contributed by atoms with Gasteiger partial charge in [0.25, 0.3) is 0 Å². The van der Waals surface area contributed by atoms with Crippen LogP contribution in [0.1, 0.15) is 24.2 Å². The van der Waals surface area contributed by atoms with E-state index in [1.165, 1.54) is 15.9 Å². The van der Waals surface area contributed by atoms with Crippen LogP contribution in [0, 0.1) is 25.5 Å². The molecule has 10 heteroatoms. The Balaban J connectivity index is 1.35. The Morgan fingerprint density at radius 3 is 2.56 bits per heavy atom. The van der Waals surface area contributed by atoms with E-state index >= 15 is 0 Å². The number of amides is 3. The van der Waals surface area contributed by atoms with Gasteiger partial charge >= 0.3 is 12.0 Å². The molecule has 0 spiro atoms. The number of anilines is 1. The highest BCUT2D eigenvalue weighted by Crippen LogP contribution is 2.23. The van der Waals surface area contributed by atoms with Gasteiger partial charge < -0.3 is 14.5 Å². The first-order valence-corrected chi connectivity index (χ1v) is 10.6. The molecule has 0 N–H and O–H groups in total. The Morgan fingerprint density at radius 1 is 1.09 bits per heavy atom. The molecule has 1 atom stereocenters. The molecular formula is C22H25F2N5O3. The van der Waals surface area contributed by atoms with Gasteiger partial charge in [-0.1, -0.05) is 0 Å². The molecule has 3 heterocycles. The predicted molar refractivity (Wildman–Crippen MR) is 112 cm³/mol. The van der Waals surface area contributed by atoms with Crippen LogP contribution < -0.4 is 9.64 Å². The molecule has 0 radical (unpaired) electrons. The zero-order valence-electron chi connectivity index (χ0n) is 18.1. The maximum Gasteiger partial charge on any atom is 0.325 e. The minimum Gasteiger partial charge on any atom is -0.458 e. The fourth-order valence-corrected chi connectivity index (χ4v) is 4.04. The van der Waals surface area contributed by atoms with Gasteiger partial charge in [-0.05, 0) is 44.9 Å². The number of rotatable bonds is 5. The van der Waals surface area contributed by atoms with Crippen molar-refractivity contribution in [2.45, 2.75) is 32.8 Å². The number of hydrogen-bond acceptors (Lipinski definition) is 5. The zero-order chi connectivity index (χ0) is 22.8. The van der Waals surface area contributed by atoms with E-state index in [1.807, 2.05) is 19.9 Å². The van der Waals surface area contributed by atoms with E-state index in [2.05, 4.69) is 9.97 Å². The number of nitrogens with zero attached hydrogens (tertiary/aromatic N) is 5. The van der Waals surface area contributed by atoms with Crippen LogP contribution in [0.25, 0.3) is 0 Å². The minimum absolute atomic E-state index is 0.0776. The highest BCUT2D eigenvalue weighted by Gasteiger charge is 2.33. The molecule has 32 heavy (non-hydrogen) atoms. The van der Waals surface area contributed by atoms with Crippen molar-refractivity contribution in [2.24, 2.45) is 0 Å². The van der Waals surface area contributed by atoms with Crippen LogP contribution in [0.3, 0.4) is 0 Å². The molecule has 1 unspecified atom stereocenters. The number of aryl methyl sites for hydroxylation is 2. The molecule has 0 aliphatic carbocycles. The SMILES string of the molecule is Cc1cc(C)nc(OC2CCCN(C(=O)CN3CCN(c4ccc(F)c(F)c4)C3=O)C2)n1. The van der Waals surface area contributed by atoms with Crippen molar-refractivity contribution in [2.75, 3.05) is 37.6 Å². The van der Waals surface area contributed by atoms with Crippen molar-refractivity contribution in [1.82, 2.24) is 19.8 Å². The van der Waals surface area contributed by atoms with Gasteiger partial charge in [0.15, 0.2) is 11.6 Å². The summed E-state index contributed by atoms with van der Waals surface area (Å²) in [6, 6.07) is 5.08. The average molecular weight is 445 g/mol. The summed E-state index contributed by atoms with van der Waals surface area (Å²) in [6.07, 6.45) is 1.34. The number of hydrogen-bond donors (Lipinski definition) is 0. The van der Waals surface area contributed by atoms with Crippen molar-refractivity contribution in [3.8, 4) is 6.01 Å². The molecular weight excluding hydrogens is 420 g/mol. The lowest BCUT2D eigenvalue weighted by Crippen LogP contribution is -2.48. The lowest BCUT2D eigenvalue weighted by molar-refractivity contribution is -0.134. The number of likely N-dealkylation sites (tertiary alicyclic amines) is 1. The van der Waals surface area contributed by atoms with Crippen LogP contribution in [0.15, 0.2) is 24.3 Å². The monoisotopic (exact) mass is 445 g/mol. The fraction of sp³-hybridized carbons (Fsp3) is 0.455. The topological polar surface area (TPSA) is 78.9 Å². The van der Waals surface area contributed by atoms with Gasteiger partial charge in [-0.15, -0.1) is 0 Å². The van der Waals surface area contributed by atoms with E-state index in [0.29, 0.717) is 32.2 Å². The highest BCUT2D eigenvalue weighted by atomic mass is 19.2. The summed E-state index contributed by atoms with van der Waals surface area (Å²) in [5, 5.41) is 0. The molecule has 4 rings (SSSR count). The number of carbonyl (C=O) groups excluding carboxylic acids is 2. The standard InChI is InChI=1S/C22H25F2N5O3/c1-14-10-15(2)26-21(25-14)32-17-4-3-7-27(12-17)20(30)13-28-8-9-29(22(28)31)16-5-6-18(23)19(24)11-16/h5-6,10-11,17H,3-4,7-9,12-13H2,1-2H3. The van der Waals surface area contributed by atoms with Gasteiger partial charge in [0.2, 0.25) is 5.91 Å². The first-order chi connectivity index (χ1) is 15.3. The number of carbonyl (C=O) groups is 2. The van der Waals surface area contributed by atoms with Crippen LogP contribution >= 0.6 is 0 Å². The second kappa shape index (κ2) is 9.05. The number of benzene rings is 1. The van der Waals surface area contributed by atoms with Gasteiger partial charge in [-0.2, -0.15) is 0 Å². The Kier molecular flexibility index (Phi) is 6.20. The molecule has 3 amide bonds. The van der Waals surface area contributed by atoms with Gasteiger partial charge in [0, 0.05) is 42.8 Å². The minimum atomic E-state index is -1.02. The van der Waals surface area contributed by atoms with Gasteiger partial charge in [-0.3, -0.25) is 9.69 Å². The summed E-state index contributed by atoms with van der Waals surface area (Å²) in [5.41, 5.74) is 1.90. The third-order valence-electron chi connectivity index (χ3n) is 5.60. The third kappa shape index (κ3) is 4.79. The number of piperidine rings is 1. The Hall–Kier alpha value is -3.30. The second-order valence-corrected chi connectivity index (χ2v) is 8.11. The van der Waals surface area contributed by atoms with E-state index in [9.17, 15) is 18.4 Å². The number of ether oxygens (including phenoxy) is 1. The summed E-state index contributed by atoms with van der Waals surface area (Å²) in [4.78, 5) is 38.6. The molecule has 2 aromatic rings. The van der Waals surface area contributed by atoms with E-state index in [1.54, 1.807) is 4.90 Å². The van der Waals surface area contributed by atoms with Crippen molar-refractivity contribution in [3.05, 3.63) is 47.3 Å². The van der Waals surface area contributed by atoms with Crippen molar-refractivity contribution in [3.63, 3.8) is 0 Å². The largest absolute Gasteiger partial charge is 0.458 e. The van der Waals surface area contributed by atoms with Crippen LogP contribution in [-0.4, -0.2) is 70.5 Å². The van der Waals surface area contributed by atoms with Crippen molar-refractivity contribution in [1.29, 1.82) is 0 Å². The lowest BCUT2D eigenvalue weighted by atomic mass is 10.1. The van der Waals surface area contributed by atoms with Gasteiger partial charge in [0.05, 0.1) is 6.54 Å². The summed E-state index contributed by atoms with van der Waals surface area (Å²) >= 11 is 0. The predicted octanol–water partition coefficient (Wildman–Crippen LogP) is 2.68. The van der Waals surface area contributed by atoms with E-state index in [0.717, 1.165) is 36.4 Å². The molecule has 2 saturated heterocycles. The van der Waals surface area contributed by atoms with E-state index in [4.69, 9.17) is 4.74 Å². The average Bonchev–Trinajstić information content (AvgIpc) is 3.09. The van der Waals surface area contributed by atoms with Crippen LogP contribution in [0.2, 0.25) is 0 Å². The van der Waals surface area contributed by atoms with E-state index < -0.39 is 17.7 Å². The van der Waals surface area contributed by atoms with Crippen LogP contribution in [0.4, 0.5) is 19.3 Å². The summed E-state index contributed by atoms with van der Waals surface area (Å²) in [5.74, 6) is -2.17. The molecule has 2 aliphatic heterocycles. The van der Waals surface area contributed by atoms with Crippen molar-refractivity contribution >= 4 is 17.6 Å². The molecule has 170 valence electrons. The van der Waals surface area contributed by atoms with Gasteiger partial charge in [0.1, 0.15) is 12.6 Å². The van der Waals surface area contributed by atoms with Crippen LogP contribution in [-0.2, 0) is 4.79 Å². The quantitative estimate of drug-likeness (QED) is 0.707. The summed E-state index contributed by atoms with van der Waals surface area (Å²) in [6.45, 7) is 5.27. The van der Waals surface area contributed by atoms with Crippen LogP contribution in [0.5, 0.6) is 6.01 Å². The molecule has 1 aromatic carbocycles. The molecule has 0 saturated carbocycles. The number of halogens is 2. The molecule has 0 bridgehead atoms. The molecule has 2 fully saturated rings. The summed E-state index contributed by atoms with van der Waals surface area (Å²) < 4.78 is 32.6. The Morgan fingerprint density at radius 2 is 1.84 bits per heavy atom. The maximum atomic E-state index is 13.5. The van der Waals surface area contributed by atoms with Gasteiger partial charge in [-0.25, -0.2) is 23.5 Å².